The van der Waals surface area contributed by atoms with Gasteiger partial charge in [-0.15, -0.1) is 11.8 Å². The Morgan fingerprint density at radius 3 is 2.90 bits per heavy atom. The van der Waals surface area contributed by atoms with Gasteiger partial charge in [-0.1, -0.05) is 18.5 Å². The number of carbonyl (C=O) groups is 1. The Kier molecular flexibility index (Phi) is 5.09. The van der Waals surface area contributed by atoms with E-state index in [2.05, 4.69) is 10.4 Å². The summed E-state index contributed by atoms with van der Waals surface area (Å²) < 4.78 is 1.74. The third kappa shape index (κ3) is 3.55. The zero-order valence-electron chi connectivity index (χ0n) is 11.4. The van der Waals surface area contributed by atoms with Crippen LogP contribution in [0.25, 0.3) is 0 Å². The summed E-state index contributed by atoms with van der Waals surface area (Å²) >= 11 is 7.59. The lowest BCUT2D eigenvalue weighted by atomic mass is 10.2. The maximum Gasteiger partial charge on any atom is 0.252 e. The molecular weight excluding hydrogens is 294 g/mol. The van der Waals surface area contributed by atoms with E-state index in [0.29, 0.717) is 17.1 Å². The normalized spacial score (nSPS) is 10.6. The number of halogens is 1. The summed E-state index contributed by atoms with van der Waals surface area (Å²) in [6.07, 6.45) is 1.71. The van der Waals surface area contributed by atoms with Gasteiger partial charge in [0.25, 0.3) is 5.91 Å². The molecule has 0 aliphatic carbocycles. The molecule has 0 spiro atoms. The SMILES string of the molecule is CCSc1cc(Cl)ccc1C(=O)NCc1ccnn1C. The van der Waals surface area contributed by atoms with Gasteiger partial charge in [0.2, 0.25) is 0 Å². The third-order valence-corrected chi connectivity index (χ3v) is 4.01. The molecule has 0 saturated heterocycles. The zero-order valence-corrected chi connectivity index (χ0v) is 13.0. The molecule has 0 fully saturated rings. The number of rotatable bonds is 5. The molecule has 1 N–H and O–H groups in total. The minimum Gasteiger partial charge on any atom is -0.346 e. The Bertz CT molecular complexity index is 612. The number of aromatic nitrogens is 2. The fraction of sp³-hybridized carbons (Fsp3) is 0.286. The van der Waals surface area contributed by atoms with Crippen LogP contribution >= 0.6 is 23.4 Å². The van der Waals surface area contributed by atoms with Crippen LogP contribution in [0.3, 0.4) is 0 Å². The molecule has 0 bridgehead atoms. The van der Waals surface area contributed by atoms with Crippen LogP contribution in [0.5, 0.6) is 0 Å². The van der Waals surface area contributed by atoms with Crippen LogP contribution in [-0.4, -0.2) is 21.4 Å². The summed E-state index contributed by atoms with van der Waals surface area (Å²) in [7, 11) is 1.85. The summed E-state index contributed by atoms with van der Waals surface area (Å²) in [5.41, 5.74) is 1.61. The smallest absolute Gasteiger partial charge is 0.252 e. The van der Waals surface area contributed by atoms with Crippen molar-refractivity contribution in [2.75, 3.05) is 5.75 Å². The molecule has 20 heavy (non-hydrogen) atoms. The van der Waals surface area contributed by atoms with E-state index in [4.69, 9.17) is 11.6 Å². The highest BCUT2D eigenvalue weighted by Crippen LogP contribution is 2.26. The largest absolute Gasteiger partial charge is 0.346 e. The molecule has 0 unspecified atom stereocenters. The van der Waals surface area contributed by atoms with E-state index >= 15 is 0 Å². The van der Waals surface area contributed by atoms with E-state index in [0.717, 1.165) is 16.3 Å². The monoisotopic (exact) mass is 309 g/mol. The topological polar surface area (TPSA) is 46.9 Å². The molecule has 0 atom stereocenters. The molecule has 2 rings (SSSR count). The van der Waals surface area contributed by atoms with Gasteiger partial charge in [0.15, 0.2) is 0 Å². The number of hydrogen-bond donors (Lipinski definition) is 1. The Balaban J connectivity index is 2.11. The van der Waals surface area contributed by atoms with Crippen molar-refractivity contribution >= 4 is 29.3 Å². The van der Waals surface area contributed by atoms with Crippen molar-refractivity contribution in [2.45, 2.75) is 18.4 Å². The summed E-state index contributed by atoms with van der Waals surface area (Å²) in [6.45, 7) is 2.50. The first-order valence-electron chi connectivity index (χ1n) is 6.29. The lowest BCUT2D eigenvalue weighted by Gasteiger charge is -2.10. The molecule has 1 aromatic carbocycles. The molecule has 6 heteroatoms. The second-order valence-corrected chi connectivity index (χ2v) is 5.94. The summed E-state index contributed by atoms with van der Waals surface area (Å²) in [5.74, 6) is 0.793. The van der Waals surface area contributed by atoms with Crippen molar-refractivity contribution < 1.29 is 4.79 Å². The molecule has 0 aliphatic rings. The summed E-state index contributed by atoms with van der Waals surface area (Å²) in [4.78, 5) is 13.2. The van der Waals surface area contributed by atoms with Crippen molar-refractivity contribution in [3.8, 4) is 0 Å². The molecule has 1 amide bonds. The zero-order chi connectivity index (χ0) is 14.5. The number of aryl methyl sites for hydroxylation is 1. The molecule has 0 radical (unpaired) electrons. The van der Waals surface area contributed by atoms with Gasteiger partial charge in [-0.05, 0) is 30.0 Å². The number of carbonyl (C=O) groups excluding carboxylic acids is 1. The number of amides is 1. The first kappa shape index (κ1) is 14.9. The minimum atomic E-state index is -0.0983. The molecule has 4 nitrogen and oxygen atoms in total. The predicted molar refractivity (Wildman–Crippen MR) is 82.2 cm³/mol. The Morgan fingerprint density at radius 1 is 1.45 bits per heavy atom. The van der Waals surface area contributed by atoms with Crippen LogP contribution in [0.15, 0.2) is 35.4 Å². The van der Waals surface area contributed by atoms with Crippen LogP contribution in [0.4, 0.5) is 0 Å². The molecule has 0 saturated carbocycles. The van der Waals surface area contributed by atoms with Crippen molar-refractivity contribution in [1.82, 2.24) is 15.1 Å². The Labute approximate surface area is 127 Å². The van der Waals surface area contributed by atoms with Crippen molar-refractivity contribution in [3.05, 3.63) is 46.7 Å². The molecule has 2 aromatic rings. The van der Waals surface area contributed by atoms with E-state index < -0.39 is 0 Å². The highest BCUT2D eigenvalue weighted by Gasteiger charge is 2.12. The van der Waals surface area contributed by atoms with Crippen LogP contribution in [0, 0.1) is 0 Å². The van der Waals surface area contributed by atoms with Gasteiger partial charge in [-0.25, -0.2) is 0 Å². The quantitative estimate of drug-likeness (QED) is 0.863. The van der Waals surface area contributed by atoms with Crippen LogP contribution < -0.4 is 5.32 Å². The summed E-state index contributed by atoms with van der Waals surface area (Å²) in [5, 5.41) is 7.62. The average Bonchev–Trinajstić information content (AvgIpc) is 2.82. The maximum absolute atomic E-state index is 12.3. The summed E-state index contributed by atoms with van der Waals surface area (Å²) in [6, 6.07) is 7.21. The van der Waals surface area contributed by atoms with Gasteiger partial charge in [-0.2, -0.15) is 5.10 Å². The van der Waals surface area contributed by atoms with Crippen LogP contribution in [0.2, 0.25) is 5.02 Å². The van der Waals surface area contributed by atoms with Crippen molar-refractivity contribution in [1.29, 1.82) is 0 Å². The van der Waals surface area contributed by atoms with Crippen molar-refractivity contribution in [3.63, 3.8) is 0 Å². The van der Waals surface area contributed by atoms with Crippen molar-refractivity contribution in [2.24, 2.45) is 7.05 Å². The van der Waals surface area contributed by atoms with E-state index in [1.54, 1.807) is 34.8 Å². The molecule has 106 valence electrons. The first-order valence-corrected chi connectivity index (χ1v) is 7.65. The highest BCUT2D eigenvalue weighted by atomic mass is 35.5. The standard InChI is InChI=1S/C14H16ClN3OS/c1-3-20-13-8-10(15)4-5-12(13)14(19)16-9-11-6-7-17-18(11)2/h4-8H,3,9H2,1-2H3,(H,16,19). The first-order chi connectivity index (χ1) is 9.61. The van der Waals surface area contributed by atoms with Gasteiger partial charge in [0, 0.05) is 23.2 Å². The molecular formula is C14H16ClN3OS. The lowest BCUT2D eigenvalue weighted by Crippen LogP contribution is -2.24. The van der Waals surface area contributed by atoms with Gasteiger partial charge in [0.1, 0.15) is 0 Å². The number of hydrogen-bond acceptors (Lipinski definition) is 3. The molecule has 1 heterocycles. The Morgan fingerprint density at radius 2 is 2.25 bits per heavy atom. The maximum atomic E-state index is 12.3. The predicted octanol–water partition coefficient (Wildman–Crippen LogP) is 3.12. The number of thioether (sulfide) groups is 1. The number of nitrogens with zero attached hydrogens (tertiary/aromatic N) is 2. The lowest BCUT2D eigenvalue weighted by molar-refractivity contribution is 0.0947. The second kappa shape index (κ2) is 6.81. The number of nitrogens with one attached hydrogen (secondary N) is 1. The highest BCUT2D eigenvalue weighted by molar-refractivity contribution is 7.99. The average molecular weight is 310 g/mol. The van der Waals surface area contributed by atoms with E-state index in [1.807, 2.05) is 26.1 Å². The number of benzene rings is 1. The van der Waals surface area contributed by atoms with E-state index in [-0.39, 0.29) is 5.91 Å². The van der Waals surface area contributed by atoms with Gasteiger partial charge >= 0.3 is 0 Å². The van der Waals surface area contributed by atoms with Gasteiger partial charge in [0.05, 0.1) is 17.8 Å². The van der Waals surface area contributed by atoms with Crippen LogP contribution in [-0.2, 0) is 13.6 Å². The van der Waals surface area contributed by atoms with Gasteiger partial charge < -0.3 is 5.32 Å². The molecule has 1 aromatic heterocycles. The third-order valence-electron chi connectivity index (χ3n) is 2.84. The molecule has 0 aliphatic heterocycles. The second-order valence-electron chi connectivity index (χ2n) is 4.20. The fourth-order valence-electron chi connectivity index (χ4n) is 1.80. The minimum absolute atomic E-state index is 0.0983. The van der Waals surface area contributed by atoms with E-state index in [9.17, 15) is 4.79 Å². The van der Waals surface area contributed by atoms with Gasteiger partial charge in [-0.3, -0.25) is 9.48 Å². The van der Waals surface area contributed by atoms with Crippen LogP contribution in [0.1, 0.15) is 23.0 Å². The van der Waals surface area contributed by atoms with E-state index in [1.165, 1.54) is 0 Å². The Hall–Kier alpha value is -1.46. The fourth-order valence-corrected chi connectivity index (χ4v) is 2.87.